The molecule has 116 valence electrons. The van der Waals surface area contributed by atoms with Crippen LogP contribution in [0.3, 0.4) is 0 Å². The zero-order valence-electron chi connectivity index (χ0n) is 13.0. The van der Waals surface area contributed by atoms with Gasteiger partial charge in [0.2, 0.25) is 5.91 Å². The molecule has 1 aliphatic heterocycles. The minimum atomic E-state index is 0.104. The average Bonchev–Trinajstić information content (AvgIpc) is 2.47. The standard InChI is InChI=1S/C15H29N3O2/c1-11(2)15(19)18-8-6-17(7-9-18)12-4-5-13(16)14(10-12)20-3/h11-14H,4-10,16H2,1-3H3. The molecule has 3 atom stereocenters. The number of hydrogen-bond acceptors (Lipinski definition) is 4. The fourth-order valence-electron chi connectivity index (χ4n) is 3.41. The fraction of sp³-hybridized carbons (Fsp3) is 0.933. The molecule has 0 aromatic carbocycles. The maximum Gasteiger partial charge on any atom is 0.225 e. The van der Waals surface area contributed by atoms with Crippen molar-refractivity contribution >= 4 is 5.91 Å². The van der Waals surface area contributed by atoms with Gasteiger partial charge in [-0.2, -0.15) is 0 Å². The summed E-state index contributed by atoms with van der Waals surface area (Å²) in [6.45, 7) is 7.62. The number of amides is 1. The summed E-state index contributed by atoms with van der Waals surface area (Å²) in [7, 11) is 1.76. The zero-order chi connectivity index (χ0) is 14.7. The first-order valence-electron chi connectivity index (χ1n) is 7.84. The third-order valence-corrected chi connectivity index (χ3v) is 4.75. The summed E-state index contributed by atoms with van der Waals surface area (Å²) < 4.78 is 5.50. The zero-order valence-corrected chi connectivity index (χ0v) is 13.0. The third-order valence-electron chi connectivity index (χ3n) is 4.75. The smallest absolute Gasteiger partial charge is 0.225 e. The number of methoxy groups -OCH3 is 1. The second-order valence-electron chi connectivity index (χ2n) is 6.42. The van der Waals surface area contributed by atoms with Crippen molar-refractivity contribution in [2.75, 3.05) is 33.3 Å². The van der Waals surface area contributed by atoms with Crippen LogP contribution in [0.5, 0.6) is 0 Å². The van der Waals surface area contributed by atoms with Crippen LogP contribution in [-0.4, -0.2) is 67.2 Å². The van der Waals surface area contributed by atoms with E-state index in [1.54, 1.807) is 7.11 Å². The lowest BCUT2D eigenvalue weighted by molar-refractivity contribution is -0.136. The van der Waals surface area contributed by atoms with Crippen LogP contribution in [0.1, 0.15) is 33.1 Å². The Labute approximate surface area is 122 Å². The van der Waals surface area contributed by atoms with Gasteiger partial charge in [0, 0.05) is 51.3 Å². The van der Waals surface area contributed by atoms with E-state index < -0.39 is 0 Å². The summed E-state index contributed by atoms with van der Waals surface area (Å²) in [5, 5.41) is 0. The Morgan fingerprint density at radius 2 is 1.85 bits per heavy atom. The van der Waals surface area contributed by atoms with E-state index in [-0.39, 0.29) is 24.0 Å². The molecule has 1 heterocycles. The van der Waals surface area contributed by atoms with E-state index in [1.807, 2.05) is 18.7 Å². The van der Waals surface area contributed by atoms with Crippen LogP contribution in [0.2, 0.25) is 0 Å². The fourth-order valence-corrected chi connectivity index (χ4v) is 3.41. The molecule has 5 heteroatoms. The summed E-state index contributed by atoms with van der Waals surface area (Å²) in [6, 6.07) is 0.746. The molecule has 3 unspecified atom stereocenters. The van der Waals surface area contributed by atoms with E-state index in [2.05, 4.69) is 4.90 Å². The van der Waals surface area contributed by atoms with Crippen molar-refractivity contribution in [3.05, 3.63) is 0 Å². The number of piperazine rings is 1. The maximum atomic E-state index is 12.0. The summed E-state index contributed by atoms with van der Waals surface area (Å²) in [6.07, 6.45) is 3.40. The monoisotopic (exact) mass is 283 g/mol. The molecule has 0 bridgehead atoms. The van der Waals surface area contributed by atoms with Gasteiger partial charge in [-0.1, -0.05) is 13.8 Å². The molecule has 1 saturated carbocycles. The van der Waals surface area contributed by atoms with Gasteiger partial charge in [0.05, 0.1) is 6.10 Å². The molecular weight excluding hydrogens is 254 g/mol. The van der Waals surface area contributed by atoms with Crippen LogP contribution in [0.25, 0.3) is 0 Å². The SMILES string of the molecule is COC1CC(N2CCN(C(=O)C(C)C)CC2)CCC1N. The maximum absolute atomic E-state index is 12.0. The summed E-state index contributed by atoms with van der Waals surface area (Å²) in [4.78, 5) is 16.5. The summed E-state index contributed by atoms with van der Waals surface area (Å²) >= 11 is 0. The summed E-state index contributed by atoms with van der Waals surface area (Å²) in [5.41, 5.74) is 6.08. The van der Waals surface area contributed by atoms with Crippen LogP contribution in [0.15, 0.2) is 0 Å². The van der Waals surface area contributed by atoms with Crippen molar-refractivity contribution in [3.63, 3.8) is 0 Å². The van der Waals surface area contributed by atoms with E-state index in [4.69, 9.17) is 10.5 Å². The molecule has 20 heavy (non-hydrogen) atoms. The molecule has 1 saturated heterocycles. The lowest BCUT2D eigenvalue weighted by atomic mass is 9.88. The highest BCUT2D eigenvalue weighted by Crippen LogP contribution is 2.25. The van der Waals surface area contributed by atoms with Gasteiger partial charge < -0.3 is 15.4 Å². The second-order valence-corrected chi connectivity index (χ2v) is 6.42. The van der Waals surface area contributed by atoms with Crippen LogP contribution >= 0.6 is 0 Å². The number of nitrogens with two attached hydrogens (primary N) is 1. The molecule has 2 N–H and O–H groups in total. The predicted molar refractivity (Wildman–Crippen MR) is 79.4 cm³/mol. The number of carbonyl (C=O) groups is 1. The summed E-state index contributed by atoms with van der Waals surface area (Å²) in [5.74, 6) is 0.386. The predicted octanol–water partition coefficient (Wildman–Crippen LogP) is 0.681. The van der Waals surface area contributed by atoms with Gasteiger partial charge in [-0.25, -0.2) is 0 Å². The Balaban J connectivity index is 1.83. The van der Waals surface area contributed by atoms with E-state index in [0.717, 1.165) is 45.4 Å². The molecule has 0 aromatic heterocycles. The minimum Gasteiger partial charge on any atom is -0.380 e. The first-order valence-corrected chi connectivity index (χ1v) is 7.84. The number of ether oxygens (including phenoxy) is 1. The first-order chi connectivity index (χ1) is 9.52. The van der Waals surface area contributed by atoms with Gasteiger partial charge in [-0.05, 0) is 19.3 Å². The van der Waals surface area contributed by atoms with Crippen molar-refractivity contribution in [3.8, 4) is 0 Å². The van der Waals surface area contributed by atoms with Crippen molar-refractivity contribution in [1.82, 2.24) is 9.80 Å². The molecule has 0 aromatic rings. The van der Waals surface area contributed by atoms with Gasteiger partial charge in [0.25, 0.3) is 0 Å². The van der Waals surface area contributed by atoms with Gasteiger partial charge in [-0.15, -0.1) is 0 Å². The molecule has 2 rings (SSSR count). The van der Waals surface area contributed by atoms with Gasteiger partial charge in [0.1, 0.15) is 0 Å². The Morgan fingerprint density at radius 1 is 1.20 bits per heavy atom. The molecule has 1 aliphatic carbocycles. The lowest BCUT2D eigenvalue weighted by Gasteiger charge is -2.43. The largest absolute Gasteiger partial charge is 0.380 e. The highest BCUT2D eigenvalue weighted by atomic mass is 16.5. The van der Waals surface area contributed by atoms with E-state index in [0.29, 0.717) is 6.04 Å². The van der Waals surface area contributed by atoms with E-state index >= 15 is 0 Å². The quantitative estimate of drug-likeness (QED) is 0.827. The topological polar surface area (TPSA) is 58.8 Å². The van der Waals surface area contributed by atoms with Gasteiger partial charge >= 0.3 is 0 Å². The Morgan fingerprint density at radius 3 is 2.40 bits per heavy atom. The average molecular weight is 283 g/mol. The minimum absolute atomic E-state index is 0.104. The second kappa shape index (κ2) is 6.87. The van der Waals surface area contributed by atoms with Crippen LogP contribution in [-0.2, 0) is 9.53 Å². The number of nitrogens with zero attached hydrogens (tertiary/aromatic N) is 2. The van der Waals surface area contributed by atoms with Gasteiger partial charge in [-0.3, -0.25) is 9.69 Å². The Kier molecular flexibility index (Phi) is 5.41. The van der Waals surface area contributed by atoms with Crippen LogP contribution in [0, 0.1) is 5.92 Å². The van der Waals surface area contributed by atoms with Crippen molar-refractivity contribution in [1.29, 1.82) is 0 Å². The first kappa shape index (κ1) is 15.7. The lowest BCUT2D eigenvalue weighted by Crippen LogP contribution is -2.56. The van der Waals surface area contributed by atoms with Crippen molar-refractivity contribution in [2.45, 2.75) is 51.3 Å². The molecule has 0 spiro atoms. The van der Waals surface area contributed by atoms with Crippen LogP contribution in [0.4, 0.5) is 0 Å². The molecule has 5 nitrogen and oxygen atoms in total. The van der Waals surface area contributed by atoms with Crippen molar-refractivity contribution in [2.24, 2.45) is 11.7 Å². The number of rotatable bonds is 3. The normalized spacial score (nSPS) is 32.6. The number of carbonyl (C=O) groups excluding carboxylic acids is 1. The number of hydrogen-bond donors (Lipinski definition) is 1. The molecule has 1 amide bonds. The van der Waals surface area contributed by atoms with Gasteiger partial charge in [0.15, 0.2) is 0 Å². The highest BCUT2D eigenvalue weighted by Gasteiger charge is 2.33. The molecular formula is C15H29N3O2. The highest BCUT2D eigenvalue weighted by molar-refractivity contribution is 5.78. The molecule has 2 fully saturated rings. The van der Waals surface area contributed by atoms with E-state index in [1.165, 1.54) is 0 Å². The van der Waals surface area contributed by atoms with Crippen LogP contribution < -0.4 is 5.73 Å². The van der Waals surface area contributed by atoms with E-state index in [9.17, 15) is 4.79 Å². The molecule has 2 aliphatic rings. The third kappa shape index (κ3) is 3.51. The van der Waals surface area contributed by atoms with Crippen molar-refractivity contribution < 1.29 is 9.53 Å². The Bertz CT molecular complexity index is 327. The molecule has 0 radical (unpaired) electrons. The Hall–Kier alpha value is -0.650.